The molecule has 6 aromatic carbocycles. The van der Waals surface area contributed by atoms with Gasteiger partial charge in [0.1, 0.15) is 5.82 Å². The summed E-state index contributed by atoms with van der Waals surface area (Å²) in [5.41, 5.74) is -5.20. The molecule has 0 radical (unpaired) electrons. The zero-order valence-electron chi connectivity index (χ0n) is 48.3. The van der Waals surface area contributed by atoms with Gasteiger partial charge in [0.15, 0.2) is 0 Å². The van der Waals surface area contributed by atoms with E-state index >= 15 is 0 Å². The normalized spacial score (nSPS) is 24.2. The second-order valence-corrected chi connectivity index (χ2v) is 23.9. The van der Waals surface area contributed by atoms with E-state index in [0.29, 0.717) is 88.1 Å². The van der Waals surface area contributed by atoms with Crippen LogP contribution in [0.3, 0.4) is 0 Å². The number of benzene rings is 6. The van der Waals surface area contributed by atoms with Crippen LogP contribution >= 0.6 is 12.2 Å². The Labute approximate surface area is 510 Å². The van der Waals surface area contributed by atoms with E-state index in [1.165, 1.54) is 13.8 Å². The summed E-state index contributed by atoms with van der Waals surface area (Å²) in [6, 6.07) is 41.6. The number of aromatic amines is 1. The van der Waals surface area contributed by atoms with Gasteiger partial charge in [0.2, 0.25) is 0 Å². The van der Waals surface area contributed by atoms with Crippen LogP contribution in [0.5, 0.6) is 0 Å². The highest BCUT2D eigenvalue weighted by Gasteiger charge is 2.56. The third-order valence-corrected chi connectivity index (χ3v) is 17.6. The van der Waals surface area contributed by atoms with Crippen LogP contribution in [0.15, 0.2) is 163 Å². The zero-order chi connectivity index (χ0) is 63.6. The van der Waals surface area contributed by atoms with E-state index in [1.807, 2.05) is 121 Å². The van der Waals surface area contributed by atoms with Gasteiger partial charge in [0.05, 0.1) is 108 Å². The lowest BCUT2D eigenvalue weighted by Crippen LogP contribution is -2.72. The number of ether oxygens (including phenoxy) is 4. The van der Waals surface area contributed by atoms with Crippen LogP contribution in [0.25, 0.3) is 0 Å². The molecule has 0 spiro atoms. The van der Waals surface area contributed by atoms with Crippen molar-refractivity contribution in [2.75, 3.05) is 46.1 Å². The Morgan fingerprint density at radius 1 is 0.517 bits per heavy atom. The number of hydrogen-bond donors (Lipinski definition) is 2. The highest BCUT2D eigenvalue weighted by molar-refractivity contribution is 7.80. The number of thiocarbonyl (C=S) groups is 1. The predicted molar refractivity (Wildman–Crippen MR) is 310 cm³/mol. The van der Waals surface area contributed by atoms with Crippen LogP contribution < -0.4 is 11.0 Å². The Kier molecular flexibility index (Phi) is 18.8. The molecule has 11 rings (SSSR count). The van der Waals surface area contributed by atoms with E-state index in [9.17, 15) is 57.5 Å². The van der Waals surface area contributed by atoms with Crippen molar-refractivity contribution in [3.8, 4) is 0 Å². The zero-order valence-corrected chi connectivity index (χ0v) is 49.2. The highest BCUT2D eigenvalue weighted by Crippen LogP contribution is 2.49. The fraction of sp³-hybridized carbons (Fsp3) is 0.400. The number of piperazine rings is 1. The molecule has 8 atom stereocenters. The van der Waals surface area contributed by atoms with Crippen molar-refractivity contribution in [1.29, 1.82) is 0 Å². The Morgan fingerprint density at radius 3 is 1.36 bits per heavy atom. The van der Waals surface area contributed by atoms with Crippen molar-refractivity contribution < 1.29 is 71.6 Å². The summed E-state index contributed by atoms with van der Waals surface area (Å²) in [7, 11) is 0. The molecule has 7 aromatic rings. The molecule has 89 heavy (non-hydrogen) atoms. The number of nitrogens with zero attached hydrogens (tertiary/aromatic N) is 4. The SMILES string of the molecule is C[C@@H](OC[C@@]1(c2ccccc2)CC[C@]2(COCc3ccccc3)CN1CC(=S)N2)c1cc(C(F)(F)F)cc(C(F)(F)F)c1.C[C@@H](OC[C@@]1(c2ccccc2)CC[C@]2(COCc3ccccc3)CN1Cc1n[nH]c(=O)n12)c1cc(C(F)(F)F)cc(C(F)(F)F)c1. The first kappa shape index (κ1) is 65.0. The Hall–Kier alpha value is -6.93. The summed E-state index contributed by atoms with van der Waals surface area (Å²) in [4.78, 5) is 18.0. The summed E-state index contributed by atoms with van der Waals surface area (Å²) in [6.45, 7) is 5.95. The van der Waals surface area contributed by atoms with Crippen molar-refractivity contribution in [2.24, 2.45) is 0 Å². The Bertz CT molecular complexity index is 3550. The number of nitrogens with one attached hydrogen (secondary N) is 2. The molecule has 4 bridgehead atoms. The van der Waals surface area contributed by atoms with E-state index in [-0.39, 0.29) is 55.3 Å². The average Bonchev–Trinajstić information content (AvgIpc) is 1.71. The van der Waals surface area contributed by atoms with Gasteiger partial charge in [-0.05, 0) is 109 Å². The molecule has 2 unspecified atom stereocenters. The minimum Gasteiger partial charge on any atom is -0.374 e. The molecular weight excluding hydrogens is 1200 g/mol. The van der Waals surface area contributed by atoms with Gasteiger partial charge < -0.3 is 24.3 Å². The number of H-pyrrole nitrogens is 1. The van der Waals surface area contributed by atoms with Crippen LogP contribution in [0.4, 0.5) is 52.7 Å². The molecule has 4 aliphatic heterocycles. The molecule has 4 aliphatic rings. The molecule has 2 N–H and O–H groups in total. The van der Waals surface area contributed by atoms with Crippen LogP contribution in [0, 0.1) is 0 Å². The average molecular weight is 1270 g/mol. The van der Waals surface area contributed by atoms with Crippen LogP contribution in [-0.4, -0.2) is 81.2 Å². The van der Waals surface area contributed by atoms with Crippen LogP contribution in [-0.2, 0) is 80.0 Å². The maximum absolute atomic E-state index is 13.6. The van der Waals surface area contributed by atoms with Crippen molar-refractivity contribution in [3.63, 3.8) is 0 Å². The molecule has 24 heteroatoms. The number of fused-ring (bicyclic) bond motifs is 6. The number of aromatic nitrogens is 3. The van der Waals surface area contributed by atoms with Gasteiger partial charge in [-0.25, -0.2) is 9.89 Å². The summed E-state index contributed by atoms with van der Waals surface area (Å²) in [6.07, 6.45) is -19.8. The molecule has 0 aliphatic carbocycles. The topological polar surface area (TPSA) is 106 Å². The van der Waals surface area contributed by atoms with Gasteiger partial charge in [-0.1, -0.05) is 134 Å². The number of rotatable bonds is 18. The monoisotopic (exact) mass is 1270 g/mol. The summed E-state index contributed by atoms with van der Waals surface area (Å²) in [5.74, 6) is 0.500. The minimum atomic E-state index is -4.97. The lowest BCUT2D eigenvalue weighted by atomic mass is 9.73. The molecule has 0 amide bonds. The van der Waals surface area contributed by atoms with Crippen molar-refractivity contribution >= 4 is 17.2 Å². The first-order chi connectivity index (χ1) is 42.1. The maximum Gasteiger partial charge on any atom is 0.416 e. The van der Waals surface area contributed by atoms with E-state index in [4.69, 9.17) is 31.2 Å². The highest BCUT2D eigenvalue weighted by atomic mass is 32.1. The van der Waals surface area contributed by atoms with E-state index in [2.05, 4.69) is 25.3 Å². The molecule has 474 valence electrons. The van der Waals surface area contributed by atoms with E-state index in [0.717, 1.165) is 34.4 Å². The first-order valence-electron chi connectivity index (χ1n) is 28.7. The summed E-state index contributed by atoms with van der Waals surface area (Å²) in [5, 5.41) is 10.3. The molecule has 1 aromatic heterocycles. The predicted octanol–water partition coefficient (Wildman–Crippen LogP) is 14.5. The van der Waals surface area contributed by atoms with Gasteiger partial charge in [-0.3, -0.25) is 14.4 Å². The number of halogens is 12. The second-order valence-electron chi connectivity index (χ2n) is 23.4. The smallest absolute Gasteiger partial charge is 0.374 e. The molecule has 3 saturated heterocycles. The third kappa shape index (κ3) is 14.5. The number of piperidine rings is 2. The van der Waals surface area contributed by atoms with Gasteiger partial charge in [0, 0.05) is 19.6 Å². The van der Waals surface area contributed by atoms with E-state index in [1.54, 1.807) is 4.57 Å². The molecule has 11 nitrogen and oxygen atoms in total. The standard InChI is InChI=1S/C33H32F6N4O3.C32H32F6N2O2S/c1-22(24-14-26(32(34,35)36)16-27(15-24)33(37,38)39)46-21-31(25-10-6-3-7-11-25)13-12-30(20-45-18-23-8-4-2-5-9-23)19-42(31)17-28-40-41-29(44)43(28)30;1-22(24-14-26(31(33,34)35)16-27(15-24)32(36,37)38)42-21-30(25-10-6-3-7-11-25)13-12-29(19-40(30)17-28(43)39-29)20-41-18-23-8-4-2-5-9-23/h2-11,14-16,22H,12-13,17-21H2,1H3,(H,41,44);2-11,14-16,22H,12-13,17-21H2,1H3,(H,39,43)/t22-,30-,31-;22-,29-,30-/m11/s1. The third-order valence-electron chi connectivity index (χ3n) is 17.4. The lowest BCUT2D eigenvalue weighted by Gasteiger charge is -2.57. The quantitative estimate of drug-likeness (QED) is 0.0637. The number of alkyl halides is 12. The van der Waals surface area contributed by atoms with Gasteiger partial charge in [0.25, 0.3) is 0 Å². The summed E-state index contributed by atoms with van der Waals surface area (Å²) < 4.78 is 189. The van der Waals surface area contributed by atoms with Gasteiger partial charge in [-0.2, -0.15) is 57.8 Å². The maximum atomic E-state index is 13.6. The number of hydrogen-bond acceptors (Lipinski definition) is 9. The largest absolute Gasteiger partial charge is 0.416 e. The molecular formula is C65H64F12N6O5S. The van der Waals surface area contributed by atoms with Crippen molar-refractivity contribution in [2.45, 2.75) is 118 Å². The minimum absolute atomic E-state index is 0.0363. The first-order valence-corrected chi connectivity index (χ1v) is 29.2. The molecule has 5 heterocycles. The summed E-state index contributed by atoms with van der Waals surface area (Å²) >= 11 is 5.68. The lowest BCUT2D eigenvalue weighted by molar-refractivity contribution is -0.145. The van der Waals surface area contributed by atoms with Crippen LogP contribution in [0.2, 0.25) is 0 Å². The fourth-order valence-electron chi connectivity index (χ4n) is 12.7. The van der Waals surface area contributed by atoms with Gasteiger partial charge >= 0.3 is 30.4 Å². The molecule has 3 fully saturated rings. The Balaban J connectivity index is 0.000000197. The fourth-order valence-corrected chi connectivity index (χ4v) is 13.1. The second kappa shape index (κ2) is 25.8. The van der Waals surface area contributed by atoms with Crippen molar-refractivity contribution in [1.82, 2.24) is 29.9 Å². The van der Waals surface area contributed by atoms with Gasteiger partial charge in [-0.15, -0.1) is 0 Å². The van der Waals surface area contributed by atoms with E-state index < -0.39 is 81.3 Å². The van der Waals surface area contributed by atoms with Crippen molar-refractivity contribution in [3.05, 3.63) is 230 Å². The van der Waals surface area contributed by atoms with Crippen LogP contribution in [0.1, 0.15) is 113 Å². The molecule has 0 saturated carbocycles. The Morgan fingerprint density at radius 2 is 0.921 bits per heavy atom.